The lowest BCUT2D eigenvalue weighted by molar-refractivity contribution is 0.585. The van der Waals surface area contributed by atoms with Crippen LogP contribution in [0, 0.1) is 6.92 Å². The molecule has 3 nitrogen and oxygen atoms in total. The third-order valence-electron chi connectivity index (χ3n) is 7.36. The van der Waals surface area contributed by atoms with E-state index in [1.807, 2.05) is 71.4 Å². The summed E-state index contributed by atoms with van der Waals surface area (Å²) in [4.78, 5) is 0. The summed E-state index contributed by atoms with van der Waals surface area (Å²) in [5.74, 6) is 0. The predicted molar refractivity (Wildman–Crippen MR) is 169 cm³/mol. The number of benzene rings is 4. The van der Waals surface area contributed by atoms with Crippen molar-refractivity contribution in [2.75, 3.05) is 0 Å². The maximum atomic E-state index is 15.3. The molecule has 0 fully saturated rings. The minimum atomic E-state index is -3.18. The van der Waals surface area contributed by atoms with Crippen LogP contribution in [0.15, 0.2) is 138 Å². The van der Waals surface area contributed by atoms with Crippen molar-refractivity contribution in [1.29, 1.82) is 0 Å². The molecule has 0 saturated carbocycles. The van der Waals surface area contributed by atoms with Gasteiger partial charge in [0, 0.05) is 21.9 Å². The summed E-state index contributed by atoms with van der Waals surface area (Å²) in [6.07, 6.45) is 1.72. The van der Waals surface area contributed by atoms with E-state index in [0.29, 0.717) is 6.54 Å². The first kappa shape index (κ1) is 27.4. The van der Waals surface area contributed by atoms with Gasteiger partial charge in [0.05, 0.1) is 17.6 Å². The lowest BCUT2D eigenvalue weighted by atomic mass is 10.0. The van der Waals surface area contributed by atoms with Crippen molar-refractivity contribution in [3.8, 4) is 22.4 Å². The Hall–Kier alpha value is -4.16. The Kier molecular flexibility index (Phi) is 8.46. The topological polar surface area (TPSA) is 34.9 Å². The van der Waals surface area contributed by atoms with Gasteiger partial charge in [0.2, 0.25) is 0 Å². The average Bonchev–Trinajstić information content (AvgIpc) is 3.39. The van der Waals surface area contributed by atoms with Crippen molar-refractivity contribution >= 4 is 17.8 Å². The van der Waals surface area contributed by atoms with Crippen LogP contribution in [0.2, 0.25) is 0 Å². The van der Waals surface area contributed by atoms with E-state index in [1.54, 1.807) is 0 Å². The van der Waals surface area contributed by atoms with Gasteiger partial charge in [-0.1, -0.05) is 129 Å². The molecule has 0 amide bonds. The van der Waals surface area contributed by atoms with Gasteiger partial charge in [-0.05, 0) is 42.5 Å². The number of nitrogens with zero attached hydrogens (tertiary/aromatic N) is 2. The number of hydrogen-bond acceptors (Lipinski definition) is 2. The first-order chi connectivity index (χ1) is 19.5. The molecular weight excluding hydrogens is 507 g/mol. The van der Waals surface area contributed by atoms with Crippen LogP contribution in [0.25, 0.3) is 22.4 Å². The van der Waals surface area contributed by atoms with Crippen LogP contribution in [-0.2, 0) is 11.1 Å². The van der Waals surface area contributed by atoms with Crippen LogP contribution in [0.3, 0.4) is 0 Å². The summed E-state index contributed by atoms with van der Waals surface area (Å²) in [7, 11) is -3.18. The second kappa shape index (κ2) is 12.3. The minimum Gasteiger partial charge on any atom is -0.308 e. The minimum absolute atomic E-state index is 0.401. The Labute approximate surface area is 237 Å². The Morgan fingerprint density at radius 1 is 0.700 bits per heavy atom. The lowest BCUT2D eigenvalue weighted by Crippen LogP contribution is -2.20. The first-order valence-corrected chi connectivity index (χ1v) is 15.6. The Morgan fingerprint density at radius 2 is 1.18 bits per heavy atom. The Morgan fingerprint density at radius 3 is 1.70 bits per heavy atom. The molecule has 0 spiro atoms. The third-order valence-corrected chi connectivity index (χ3v) is 10.4. The van der Waals surface area contributed by atoms with Crippen LogP contribution < -0.4 is 10.6 Å². The summed E-state index contributed by atoms with van der Waals surface area (Å²) in [5.41, 5.74) is 10.2. The zero-order valence-corrected chi connectivity index (χ0v) is 24.3. The monoisotopic (exact) mass is 542 g/mol. The molecule has 40 heavy (non-hydrogen) atoms. The normalized spacial score (nSPS) is 11.2. The number of hydrogen-bond donors (Lipinski definition) is 0. The van der Waals surface area contributed by atoms with Gasteiger partial charge in [0.1, 0.15) is 0 Å². The van der Waals surface area contributed by atoms with E-state index < -0.39 is 7.14 Å². The Balaban J connectivity index is 1.58. The van der Waals surface area contributed by atoms with E-state index in [0.717, 1.165) is 51.3 Å². The van der Waals surface area contributed by atoms with E-state index in [-0.39, 0.29) is 0 Å². The summed E-state index contributed by atoms with van der Waals surface area (Å²) in [6, 6.07) is 40.7. The fourth-order valence-electron chi connectivity index (χ4n) is 5.00. The van der Waals surface area contributed by atoms with Crippen LogP contribution >= 0.6 is 7.14 Å². The van der Waals surface area contributed by atoms with E-state index in [4.69, 9.17) is 5.10 Å². The van der Waals surface area contributed by atoms with E-state index in [1.165, 1.54) is 11.1 Å². The van der Waals surface area contributed by atoms with Crippen LogP contribution in [0.1, 0.15) is 32.4 Å². The number of rotatable bonds is 9. The summed E-state index contributed by atoms with van der Waals surface area (Å²) in [6.45, 7) is 6.73. The molecule has 0 N–H and O–H groups in total. The van der Waals surface area contributed by atoms with Gasteiger partial charge in [0.15, 0.2) is 7.14 Å². The average molecular weight is 543 g/mol. The number of aromatic nitrogens is 2. The molecule has 1 aromatic heterocycles. The summed E-state index contributed by atoms with van der Waals surface area (Å²) in [5, 5.41) is 7.42. The molecule has 0 saturated heterocycles. The van der Waals surface area contributed by atoms with E-state index in [2.05, 4.69) is 81.1 Å². The molecule has 5 aromatic rings. The second-order valence-corrected chi connectivity index (χ2v) is 12.7. The highest BCUT2D eigenvalue weighted by Gasteiger charge is 2.32. The van der Waals surface area contributed by atoms with Crippen molar-refractivity contribution in [2.24, 2.45) is 0 Å². The van der Waals surface area contributed by atoms with E-state index >= 15 is 4.57 Å². The fraction of sp³-hybridized carbons (Fsp3) is 0.167. The molecule has 5 rings (SSSR count). The largest absolute Gasteiger partial charge is 0.308 e. The number of allylic oxidation sites excluding steroid dienone is 1. The number of aryl methyl sites for hydroxylation is 1. The van der Waals surface area contributed by atoms with Crippen molar-refractivity contribution in [2.45, 2.75) is 40.2 Å². The van der Waals surface area contributed by atoms with Gasteiger partial charge in [-0.2, -0.15) is 5.10 Å². The quantitative estimate of drug-likeness (QED) is 0.138. The molecule has 4 aromatic carbocycles. The molecule has 0 bridgehead atoms. The molecule has 200 valence electrons. The van der Waals surface area contributed by atoms with Crippen molar-refractivity contribution in [3.63, 3.8) is 0 Å². The van der Waals surface area contributed by atoms with Gasteiger partial charge < -0.3 is 4.57 Å². The zero-order chi connectivity index (χ0) is 28.0. The second-order valence-electron chi connectivity index (χ2n) is 9.93. The smallest absolute Gasteiger partial charge is 0.176 e. The van der Waals surface area contributed by atoms with Crippen LogP contribution in [0.5, 0.6) is 0 Å². The maximum absolute atomic E-state index is 15.3. The standard InChI is InChI=1S/C36H35N2OP/c1-4-29(5-2)26-35(40(39,33-17-11-7-12-18-33)34-19-13-8-14-20-34)27-38-28(3)25-36(37-38)32-23-21-31(22-24-32)30-15-9-6-10-16-30/h6-25H,4-5,27H2,1-3H3. The molecule has 0 aliphatic heterocycles. The van der Waals surface area contributed by atoms with Gasteiger partial charge in [0.25, 0.3) is 0 Å². The molecular formula is C36H35N2OP. The van der Waals surface area contributed by atoms with Crippen molar-refractivity contribution in [1.82, 2.24) is 9.78 Å². The van der Waals surface area contributed by atoms with Gasteiger partial charge in [-0.25, -0.2) is 0 Å². The molecule has 0 atom stereocenters. The summed E-state index contributed by atoms with van der Waals surface area (Å²) >= 11 is 0. The third kappa shape index (κ3) is 5.73. The first-order valence-electron chi connectivity index (χ1n) is 13.9. The van der Waals surface area contributed by atoms with Crippen LogP contribution in [0.4, 0.5) is 0 Å². The molecule has 1 heterocycles. The zero-order valence-electron chi connectivity index (χ0n) is 23.4. The van der Waals surface area contributed by atoms with Gasteiger partial charge >= 0.3 is 0 Å². The molecule has 4 heteroatoms. The highest BCUT2D eigenvalue weighted by molar-refractivity contribution is 7.82. The highest BCUT2D eigenvalue weighted by Crippen LogP contribution is 2.52. The van der Waals surface area contributed by atoms with E-state index in [9.17, 15) is 0 Å². The SMILES string of the molecule is CCC(=C=C(Cn1nc(-c2ccc(-c3ccccc3)cc2)cc1C)P(=O)(c1ccccc1)c1ccccc1)CC. The lowest BCUT2D eigenvalue weighted by Gasteiger charge is -2.22. The molecule has 0 unspecified atom stereocenters. The Bertz CT molecular complexity index is 1630. The molecule has 0 aliphatic carbocycles. The highest BCUT2D eigenvalue weighted by atomic mass is 31.2. The fourth-order valence-corrected chi connectivity index (χ4v) is 7.76. The molecule has 0 aliphatic rings. The van der Waals surface area contributed by atoms with Crippen LogP contribution in [-0.4, -0.2) is 9.78 Å². The maximum Gasteiger partial charge on any atom is 0.176 e. The van der Waals surface area contributed by atoms with Crippen molar-refractivity contribution < 1.29 is 4.57 Å². The van der Waals surface area contributed by atoms with Gasteiger partial charge in [-0.3, -0.25) is 4.68 Å². The molecule has 0 radical (unpaired) electrons. The van der Waals surface area contributed by atoms with Crippen molar-refractivity contribution in [3.05, 3.63) is 144 Å². The predicted octanol–water partition coefficient (Wildman–Crippen LogP) is 8.77. The summed E-state index contributed by atoms with van der Waals surface area (Å²) < 4.78 is 17.3. The van der Waals surface area contributed by atoms with Gasteiger partial charge in [-0.15, -0.1) is 5.73 Å².